The number of allylic oxidation sites excluding steroid dienone is 1. The van der Waals surface area contributed by atoms with E-state index in [2.05, 4.69) is 37.9 Å². The van der Waals surface area contributed by atoms with E-state index in [0.29, 0.717) is 20.6 Å². The first-order valence-electron chi connectivity index (χ1n) is 10.9. The lowest BCUT2D eigenvalue weighted by Gasteiger charge is -2.24. The average Bonchev–Trinajstić information content (AvgIpc) is 3.35. The first-order valence-corrected chi connectivity index (χ1v) is 12.6. The third-order valence-corrected chi connectivity index (χ3v) is 7.38. The lowest BCUT2D eigenvalue weighted by Crippen LogP contribution is -2.39. The number of thiazole rings is 1. The van der Waals surface area contributed by atoms with E-state index in [0.717, 1.165) is 10.4 Å². The Hall–Kier alpha value is -2.77. The van der Waals surface area contributed by atoms with Crippen molar-refractivity contribution in [2.24, 2.45) is 4.99 Å². The first-order chi connectivity index (χ1) is 15.6. The zero-order chi connectivity index (χ0) is 23.9. The van der Waals surface area contributed by atoms with E-state index < -0.39 is 12.0 Å². The van der Waals surface area contributed by atoms with Crippen molar-refractivity contribution < 1.29 is 9.53 Å². The number of nitrogens with zero attached hydrogens (tertiary/aromatic N) is 2. The lowest BCUT2D eigenvalue weighted by atomic mass is 9.87. The van der Waals surface area contributed by atoms with Crippen molar-refractivity contribution in [2.75, 3.05) is 0 Å². The van der Waals surface area contributed by atoms with Crippen LogP contribution in [0, 0.1) is 0 Å². The van der Waals surface area contributed by atoms with Gasteiger partial charge in [-0.1, -0.05) is 62.4 Å². The van der Waals surface area contributed by atoms with Crippen molar-refractivity contribution in [1.29, 1.82) is 0 Å². The van der Waals surface area contributed by atoms with Gasteiger partial charge in [0, 0.05) is 4.88 Å². The number of benzene rings is 1. The van der Waals surface area contributed by atoms with E-state index in [-0.39, 0.29) is 17.1 Å². The largest absolute Gasteiger partial charge is 0.459 e. The minimum Gasteiger partial charge on any atom is -0.459 e. The maximum absolute atomic E-state index is 13.6. The standard InChI is InChI=1S/C26H28N2O3S2/c1-15(2)31-24(30)21-16(3)27-25-28(22(21)19-8-7-13-32-19)23(29)20(33-25)14-17-9-11-18(12-10-17)26(4,5)6/h7-15,22H,1-6H3/b20-14+/t22-/m1/s1. The smallest absolute Gasteiger partial charge is 0.338 e. The molecule has 0 saturated carbocycles. The van der Waals surface area contributed by atoms with Crippen molar-refractivity contribution in [3.8, 4) is 0 Å². The monoisotopic (exact) mass is 480 g/mol. The van der Waals surface area contributed by atoms with Gasteiger partial charge in [-0.15, -0.1) is 11.3 Å². The van der Waals surface area contributed by atoms with Crippen molar-refractivity contribution in [2.45, 2.75) is 59.1 Å². The number of thiophene rings is 1. The third kappa shape index (κ3) is 4.66. The van der Waals surface area contributed by atoms with Gasteiger partial charge in [0.15, 0.2) is 4.80 Å². The molecule has 2 aromatic heterocycles. The number of esters is 1. The van der Waals surface area contributed by atoms with Crippen LogP contribution in [0.25, 0.3) is 6.08 Å². The van der Waals surface area contributed by atoms with Crippen LogP contribution < -0.4 is 14.9 Å². The topological polar surface area (TPSA) is 60.7 Å². The van der Waals surface area contributed by atoms with Crippen molar-refractivity contribution in [1.82, 2.24) is 4.57 Å². The molecule has 33 heavy (non-hydrogen) atoms. The third-order valence-electron chi connectivity index (χ3n) is 5.47. The number of aromatic nitrogens is 1. The van der Waals surface area contributed by atoms with Crippen LogP contribution in [-0.2, 0) is 14.9 Å². The Morgan fingerprint density at radius 2 is 1.88 bits per heavy atom. The van der Waals surface area contributed by atoms with Gasteiger partial charge in [0.2, 0.25) is 0 Å². The number of ether oxygens (including phenoxy) is 1. The van der Waals surface area contributed by atoms with Crippen LogP contribution in [0.5, 0.6) is 0 Å². The summed E-state index contributed by atoms with van der Waals surface area (Å²) in [6, 6.07) is 11.6. The highest BCUT2D eigenvalue weighted by Gasteiger charge is 2.34. The molecule has 5 nitrogen and oxygen atoms in total. The minimum atomic E-state index is -0.544. The Bertz CT molecular complexity index is 1380. The molecule has 0 amide bonds. The van der Waals surface area contributed by atoms with Crippen molar-refractivity contribution in [3.63, 3.8) is 0 Å². The Labute approximate surface area is 201 Å². The summed E-state index contributed by atoms with van der Waals surface area (Å²) < 4.78 is 7.74. The molecule has 0 unspecified atom stereocenters. The number of hydrogen-bond acceptors (Lipinski definition) is 6. The second kappa shape index (κ2) is 8.88. The molecule has 172 valence electrons. The fourth-order valence-corrected chi connectivity index (χ4v) is 5.68. The number of carbonyl (C=O) groups excluding carboxylic acids is 1. The van der Waals surface area contributed by atoms with Crippen LogP contribution >= 0.6 is 22.7 Å². The van der Waals surface area contributed by atoms with Crippen LogP contribution in [0.2, 0.25) is 0 Å². The van der Waals surface area contributed by atoms with E-state index in [1.54, 1.807) is 11.5 Å². The quantitative estimate of drug-likeness (QED) is 0.515. The zero-order valence-electron chi connectivity index (χ0n) is 19.7. The van der Waals surface area contributed by atoms with Gasteiger partial charge >= 0.3 is 5.97 Å². The maximum atomic E-state index is 13.6. The summed E-state index contributed by atoms with van der Waals surface area (Å²) in [7, 11) is 0. The SMILES string of the molecule is CC1=C(C(=O)OC(C)C)[C@@H](c2cccs2)n2c(s/c(=C/c3ccc(C(C)(C)C)cc3)c2=O)=N1. The first kappa shape index (κ1) is 23.4. The van der Waals surface area contributed by atoms with E-state index in [1.807, 2.05) is 49.6 Å². The Balaban J connectivity index is 1.85. The van der Waals surface area contributed by atoms with Crippen LogP contribution in [0.3, 0.4) is 0 Å². The van der Waals surface area contributed by atoms with Crippen molar-refractivity contribution >= 4 is 34.7 Å². The van der Waals surface area contributed by atoms with Gasteiger partial charge in [-0.25, -0.2) is 9.79 Å². The summed E-state index contributed by atoms with van der Waals surface area (Å²) in [4.78, 5) is 32.7. The van der Waals surface area contributed by atoms with E-state index in [9.17, 15) is 9.59 Å². The Morgan fingerprint density at radius 3 is 2.45 bits per heavy atom. The molecule has 0 spiro atoms. The summed E-state index contributed by atoms with van der Waals surface area (Å²) in [5, 5.41) is 1.95. The van der Waals surface area contributed by atoms with E-state index in [4.69, 9.17) is 4.74 Å². The molecule has 3 aromatic rings. The van der Waals surface area contributed by atoms with E-state index >= 15 is 0 Å². The fraction of sp³-hybridized carbons (Fsp3) is 0.346. The molecule has 1 aliphatic rings. The summed E-state index contributed by atoms with van der Waals surface area (Å²) in [5.41, 5.74) is 3.11. The van der Waals surface area contributed by atoms with Gasteiger partial charge in [0.1, 0.15) is 6.04 Å². The highest BCUT2D eigenvalue weighted by Crippen LogP contribution is 2.33. The summed E-state index contributed by atoms with van der Waals surface area (Å²) in [5.74, 6) is -0.434. The predicted molar refractivity (Wildman–Crippen MR) is 134 cm³/mol. The number of hydrogen-bond donors (Lipinski definition) is 0. The molecular weight excluding hydrogens is 452 g/mol. The molecule has 0 aliphatic carbocycles. The van der Waals surface area contributed by atoms with Crippen LogP contribution in [0.4, 0.5) is 0 Å². The number of fused-ring (bicyclic) bond motifs is 1. The highest BCUT2D eigenvalue weighted by molar-refractivity contribution is 7.10. The molecule has 0 N–H and O–H groups in total. The van der Waals surface area contributed by atoms with Crippen LogP contribution in [0.15, 0.2) is 62.8 Å². The van der Waals surface area contributed by atoms with Gasteiger partial charge in [0.05, 0.1) is 21.9 Å². The predicted octanol–water partition coefficient (Wildman–Crippen LogP) is 4.55. The Morgan fingerprint density at radius 1 is 1.18 bits per heavy atom. The van der Waals surface area contributed by atoms with Gasteiger partial charge in [-0.3, -0.25) is 9.36 Å². The van der Waals surface area contributed by atoms with Gasteiger partial charge in [-0.05, 0) is 54.8 Å². The second-order valence-corrected chi connectivity index (χ2v) is 11.4. The molecule has 4 rings (SSSR count). The molecule has 0 fully saturated rings. The highest BCUT2D eigenvalue weighted by atomic mass is 32.1. The molecule has 0 bridgehead atoms. The summed E-state index contributed by atoms with van der Waals surface area (Å²) in [6.07, 6.45) is 1.63. The molecule has 0 radical (unpaired) electrons. The zero-order valence-corrected chi connectivity index (χ0v) is 21.3. The molecule has 7 heteroatoms. The minimum absolute atomic E-state index is 0.0666. The summed E-state index contributed by atoms with van der Waals surface area (Å²) >= 11 is 2.86. The molecule has 1 atom stereocenters. The van der Waals surface area contributed by atoms with Gasteiger partial charge < -0.3 is 4.74 Å². The number of rotatable bonds is 4. The number of carbonyl (C=O) groups is 1. The van der Waals surface area contributed by atoms with Crippen LogP contribution in [0.1, 0.15) is 63.6 Å². The second-order valence-electron chi connectivity index (χ2n) is 9.42. The molecule has 1 aliphatic heterocycles. The molecule has 1 aromatic carbocycles. The van der Waals surface area contributed by atoms with Crippen LogP contribution in [-0.4, -0.2) is 16.6 Å². The fourth-order valence-electron chi connectivity index (χ4n) is 3.81. The lowest BCUT2D eigenvalue weighted by molar-refractivity contribution is -0.143. The van der Waals surface area contributed by atoms with Gasteiger partial charge in [-0.2, -0.15) is 0 Å². The molecule has 3 heterocycles. The normalized spacial score (nSPS) is 16.7. The van der Waals surface area contributed by atoms with Gasteiger partial charge in [0.25, 0.3) is 5.56 Å². The maximum Gasteiger partial charge on any atom is 0.338 e. The molecular formula is C26H28N2O3S2. The molecule has 0 saturated heterocycles. The van der Waals surface area contributed by atoms with Crippen molar-refractivity contribution in [3.05, 3.63) is 88.7 Å². The Kier molecular flexibility index (Phi) is 6.29. The average molecular weight is 481 g/mol. The summed E-state index contributed by atoms with van der Waals surface area (Å²) in [6.45, 7) is 12.0. The van der Waals surface area contributed by atoms with E-state index in [1.165, 1.54) is 28.2 Å².